The van der Waals surface area contributed by atoms with Crippen LogP contribution in [0, 0.1) is 6.92 Å². The second-order valence-electron chi connectivity index (χ2n) is 3.67. The molecule has 0 amide bonds. The molecule has 3 nitrogen and oxygen atoms in total. The predicted molar refractivity (Wildman–Crippen MR) is 67.9 cm³/mol. The van der Waals surface area contributed by atoms with Gasteiger partial charge in [-0.3, -0.25) is 4.99 Å². The number of aromatic hydroxyl groups is 2. The summed E-state index contributed by atoms with van der Waals surface area (Å²) in [5.41, 5.74) is 2.10. The largest absolute Gasteiger partial charge is 0.508 e. The third-order valence-corrected chi connectivity index (χ3v) is 2.27. The maximum Gasteiger partial charge on any atom is 0.124 e. The molecule has 0 aliphatic heterocycles. The lowest BCUT2D eigenvalue weighted by Gasteiger charge is -1.99. The van der Waals surface area contributed by atoms with Crippen LogP contribution in [-0.4, -0.2) is 16.4 Å². The van der Waals surface area contributed by atoms with Crippen molar-refractivity contribution in [2.24, 2.45) is 4.99 Å². The molecule has 0 spiro atoms. The molecular weight excluding hydrogens is 214 g/mol. The third kappa shape index (κ3) is 2.84. The summed E-state index contributed by atoms with van der Waals surface area (Å²) in [5, 5.41) is 18.8. The van der Waals surface area contributed by atoms with Crippen LogP contribution in [0.5, 0.6) is 11.5 Å². The van der Waals surface area contributed by atoms with Gasteiger partial charge in [-0.2, -0.15) is 0 Å². The molecule has 0 bridgehead atoms. The Balaban J connectivity index is 2.29. The van der Waals surface area contributed by atoms with E-state index in [9.17, 15) is 10.2 Å². The standard InChI is InChI=1S/C14H12NO2/c1-10-3-2-4-12(7-10)15-9-11-8-13(16)5-6-14(11)17/h2-9,16-17H,1H2/b15-9+. The van der Waals surface area contributed by atoms with Crippen molar-refractivity contribution < 1.29 is 10.2 Å². The summed E-state index contributed by atoms with van der Waals surface area (Å²) in [6.45, 7) is 3.80. The predicted octanol–water partition coefficient (Wildman–Crippen LogP) is 3.03. The van der Waals surface area contributed by atoms with Crippen molar-refractivity contribution in [2.75, 3.05) is 0 Å². The minimum atomic E-state index is 0.0809. The molecule has 17 heavy (non-hydrogen) atoms. The molecule has 2 rings (SSSR count). The number of hydrogen-bond acceptors (Lipinski definition) is 3. The van der Waals surface area contributed by atoms with Gasteiger partial charge in [0.2, 0.25) is 0 Å². The lowest BCUT2D eigenvalue weighted by Crippen LogP contribution is -1.82. The van der Waals surface area contributed by atoms with Crippen molar-refractivity contribution in [3.05, 3.63) is 60.5 Å². The fourth-order valence-corrected chi connectivity index (χ4v) is 1.43. The summed E-state index contributed by atoms with van der Waals surface area (Å²) in [4.78, 5) is 4.20. The van der Waals surface area contributed by atoms with Gasteiger partial charge in [0.05, 0.1) is 5.69 Å². The van der Waals surface area contributed by atoms with Gasteiger partial charge in [-0.15, -0.1) is 0 Å². The van der Waals surface area contributed by atoms with E-state index >= 15 is 0 Å². The van der Waals surface area contributed by atoms with Crippen molar-refractivity contribution in [3.8, 4) is 11.5 Å². The van der Waals surface area contributed by atoms with Crippen molar-refractivity contribution in [2.45, 2.75) is 0 Å². The second-order valence-corrected chi connectivity index (χ2v) is 3.67. The smallest absolute Gasteiger partial charge is 0.124 e. The minimum absolute atomic E-state index is 0.0809. The van der Waals surface area contributed by atoms with Crippen LogP contribution in [0.3, 0.4) is 0 Å². The molecule has 0 aliphatic carbocycles. The lowest BCUT2D eigenvalue weighted by molar-refractivity contribution is 0.459. The molecule has 3 heteroatoms. The van der Waals surface area contributed by atoms with E-state index in [1.165, 1.54) is 24.4 Å². The van der Waals surface area contributed by atoms with Gasteiger partial charge in [-0.1, -0.05) is 12.1 Å². The summed E-state index contributed by atoms with van der Waals surface area (Å²) >= 11 is 0. The molecule has 2 N–H and O–H groups in total. The van der Waals surface area contributed by atoms with Gasteiger partial charge in [0.25, 0.3) is 0 Å². The first kappa shape index (κ1) is 11.2. The Morgan fingerprint density at radius 3 is 2.65 bits per heavy atom. The molecule has 2 aromatic carbocycles. The number of nitrogens with zero attached hydrogens (tertiary/aromatic N) is 1. The van der Waals surface area contributed by atoms with E-state index in [1.807, 2.05) is 24.3 Å². The van der Waals surface area contributed by atoms with E-state index in [0.29, 0.717) is 5.56 Å². The van der Waals surface area contributed by atoms with Gasteiger partial charge in [0.1, 0.15) is 11.5 Å². The van der Waals surface area contributed by atoms with Gasteiger partial charge in [-0.05, 0) is 42.8 Å². The summed E-state index contributed by atoms with van der Waals surface area (Å²) in [6.07, 6.45) is 1.50. The third-order valence-electron chi connectivity index (χ3n) is 2.27. The Bertz CT molecular complexity index is 562. The first-order valence-corrected chi connectivity index (χ1v) is 5.13. The first-order chi connectivity index (χ1) is 8.15. The minimum Gasteiger partial charge on any atom is -0.508 e. The van der Waals surface area contributed by atoms with Gasteiger partial charge >= 0.3 is 0 Å². The molecule has 0 atom stereocenters. The van der Waals surface area contributed by atoms with E-state index in [2.05, 4.69) is 11.9 Å². The highest BCUT2D eigenvalue weighted by atomic mass is 16.3. The Labute approximate surface area is 99.7 Å². The van der Waals surface area contributed by atoms with Crippen molar-refractivity contribution >= 4 is 11.9 Å². The Morgan fingerprint density at radius 1 is 1.06 bits per heavy atom. The highest BCUT2D eigenvalue weighted by Gasteiger charge is 1.99. The van der Waals surface area contributed by atoms with Crippen LogP contribution in [0.25, 0.3) is 0 Å². The van der Waals surface area contributed by atoms with Gasteiger partial charge in [0, 0.05) is 11.8 Å². The highest BCUT2D eigenvalue weighted by molar-refractivity contribution is 5.85. The number of phenolic OH excluding ortho intramolecular Hbond substituents is 2. The number of hydrogen-bond donors (Lipinski definition) is 2. The monoisotopic (exact) mass is 226 g/mol. The molecule has 0 aliphatic rings. The molecule has 0 fully saturated rings. The zero-order valence-corrected chi connectivity index (χ0v) is 9.17. The van der Waals surface area contributed by atoms with Crippen LogP contribution >= 0.6 is 0 Å². The van der Waals surface area contributed by atoms with E-state index < -0.39 is 0 Å². The van der Waals surface area contributed by atoms with Gasteiger partial charge in [-0.25, -0.2) is 0 Å². The van der Waals surface area contributed by atoms with Crippen LogP contribution in [0.2, 0.25) is 0 Å². The highest BCUT2D eigenvalue weighted by Crippen LogP contribution is 2.21. The Hall–Kier alpha value is -2.29. The fraction of sp³-hybridized carbons (Fsp3) is 0. The quantitative estimate of drug-likeness (QED) is 0.611. The summed E-state index contributed by atoms with van der Waals surface area (Å²) in [5.74, 6) is 0.174. The van der Waals surface area contributed by atoms with Crippen molar-refractivity contribution in [1.82, 2.24) is 0 Å². The lowest BCUT2D eigenvalue weighted by atomic mass is 10.2. The topological polar surface area (TPSA) is 52.8 Å². The number of rotatable bonds is 2. The molecule has 0 unspecified atom stereocenters. The molecule has 85 valence electrons. The zero-order chi connectivity index (χ0) is 12.3. The summed E-state index contributed by atoms with van der Waals surface area (Å²) < 4.78 is 0. The molecule has 0 heterocycles. The maximum atomic E-state index is 9.55. The van der Waals surface area contributed by atoms with Crippen LogP contribution < -0.4 is 0 Å². The summed E-state index contributed by atoms with van der Waals surface area (Å²) in [7, 11) is 0. The maximum absolute atomic E-state index is 9.55. The van der Waals surface area contributed by atoms with Crippen LogP contribution in [0.4, 0.5) is 5.69 Å². The molecular formula is C14H12NO2. The van der Waals surface area contributed by atoms with Gasteiger partial charge in [0.15, 0.2) is 0 Å². The fourth-order valence-electron chi connectivity index (χ4n) is 1.43. The second kappa shape index (κ2) is 4.70. The average Bonchev–Trinajstić information content (AvgIpc) is 2.30. The van der Waals surface area contributed by atoms with Crippen molar-refractivity contribution in [1.29, 1.82) is 0 Å². The molecule has 1 radical (unpaired) electrons. The molecule has 0 saturated carbocycles. The molecule has 0 aromatic heterocycles. The Morgan fingerprint density at radius 2 is 1.88 bits per heavy atom. The van der Waals surface area contributed by atoms with Crippen LogP contribution in [0.1, 0.15) is 11.1 Å². The van der Waals surface area contributed by atoms with E-state index in [4.69, 9.17) is 0 Å². The van der Waals surface area contributed by atoms with E-state index in [0.717, 1.165) is 11.3 Å². The average molecular weight is 226 g/mol. The SMILES string of the molecule is [CH2]c1cccc(/N=C/c2cc(O)ccc2O)c1. The first-order valence-electron chi connectivity index (χ1n) is 5.13. The Kier molecular flexibility index (Phi) is 3.10. The number of phenols is 2. The number of aliphatic imine (C=N–C) groups is 1. The van der Waals surface area contributed by atoms with Crippen LogP contribution in [-0.2, 0) is 0 Å². The number of benzene rings is 2. The molecule has 0 saturated heterocycles. The van der Waals surface area contributed by atoms with Gasteiger partial charge < -0.3 is 10.2 Å². The van der Waals surface area contributed by atoms with Crippen LogP contribution in [0.15, 0.2) is 47.5 Å². The van der Waals surface area contributed by atoms with E-state index in [1.54, 1.807) is 0 Å². The zero-order valence-electron chi connectivity index (χ0n) is 9.17. The summed E-state index contributed by atoms with van der Waals surface area (Å²) in [6, 6.07) is 11.7. The molecule has 2 aromatic rings. The normalized spacial score (nSPS) is 10.9. The van der Waals surface area contributed by atoms with Crippen molar-refractivity contribution in [3.63, 3.8) is 0 Å². The van der Waals surface area contributed by atoms with E-state index in [-0.39, 0.29) is 11.5 Å².